The Hall–Kier alpha value is -3.22. The molecule has 0 aliphatic carbocycles. The van der Waals surface area contributed by atoms with Crippen LogP contribution < -0.4 is 4.74 Å². The molecule has 0 heterocycles. The van der Waals surface area contributed by atoms with E-state index >= 15 is 0 Å². The number of nitrogens with zero attached hydrogens (tertiary/aromatic N) is 1. The van der Waals surface area contributed by atoms with Gasteiger partial charge in [-0.2, -0.15) is 0 Å². The molecular formula is C25H33NO6. The SMILES string of the molecule is C=C(C)c1ccc(OC)cc1-c1c(O)cc(C(C)(C)CCCCCCO[N+](=O)[O-])cc1O. The predicted molar refractivity (Wildman–Crippen MR) is 126 cm³/mol. The first-order valence-corrected chi connectivity index (χ1v) is 10.7. The fourth-order valence-electron chi connectivity index (χ4n) is 3.81. The van der Waals surface area contributed by atoms with Crippen LogP contribution in [0.5, 0.6) is 17.2 Å². The van der Waals surface area contributed by atoms with Gasteiger partial charge in [0.1, 0.15) is 17.2 Å². The van der Waals surface area contributed by atoms with Gasteiger partial charge in [0.15, 0.2) is 0 Å². The Morgan fingerprint density at radius 2 is 1.72 bits per heavy atom. The lowest BCUT2D eigenvalue weighted by molar-refractivity contribution is -0.757. The van der Waals surface area contributed by atoms with Crippen LogP contribution in [0.3, 0.4) is 0 Å². The monoisotopic (exact) mass is 443 g/mol. The summed E-state index contributed by atoms with van der Waals surface area (Å²) in [6.07, 6.45) is 4.18. The first kappa shape index (κ1) is 25.0. The summed E-state index contributed by atoms with van der Waals surface area (Å²) in [5.41, 5.74) is 3.23. The lowest BCUT2D eigenvalue weighted by Crippen LogP contribution is -2.17. The number of hydrogen-bond acceptors (Lipinski definition) is 6. The molecule has 0 atom stereocenters. The molecule has 0 aliphatic rings. The van der Waals surface area contributed by atoms with Gasteiger partial charge in [-0.15, -0.1) is 10.1 Å². The van der Waals surface area contributed by atoms with Gasteiger partial charge in [0, 0.05) is 5.56 Å². The minimum absolute atomic E-state index is 0.000701. The minimum Gasteiger partial charge on any atom is -0.507 e. The number of phenols is 2. The zero-order valence-electron chi connectivity index (χ0n) is 19.3. The smallest absolute Gasteiger partial charge is 0.294 e. The molecule has 2 N–H and O–H groups in total. The Morgan fingerprint density at radius 3 is 2.28 bits per heavy atom. The van der Waals surface area contributed by atoms with E-state index in [-0.39, 0.29) is 23.5 Å². The van der Waals surface area contributed by atoms with Crippen molar-refractivity contribution >= 4 is 5.57 Å². The highest BCUT2D eigenvalue weighted by Gasteiger charge is 2.24. The second-order valence-corrected chi connectivity index (χ2v) is 8.69. The Bertz CT molecular complexity index is 944. The Labute approximate surface area is 189 Å². The molecule has 0 saturated carbocycles. The standard InChI is InChI=1S/C25H33NO6/c1-17(2)20-11-10-19(31-5)16-21(20)24-22(27)14-18(15-23(24)28)25(3,4)12-8-6-7-9-13-32-26(29)30/h10-11,14-16,27-28H,1,6-9,12-13H2,2-5H3. The summed E-state index contributed by atoms with van der Waals surface area (Å²) in [6, 6.07) is 8.89. The van der Waals surface area contributed by atoms with Gasteiger partial charge in [-0.25, -0.2) is 0 Å². The summed E-state index contributed by atoms with van der Waals surface area (Å²) in [5.74, 6) is 0.623. The van der Waals surface area contributed by atoms with Crippen LogP contribution in [0.1, 0.15) is 64.0 Å². The largest absolute Gasteiger partial charge is 0.507 e. The average Bonchev–Trinajstić information content (AvgIpc) is 2.71. The summed E-state index contributed by atoms with van der Waals surface area (Å²) in [5, 5.41) is 31.1. The van der Waals surface area contributed by atoms with Crippen molar-refractivity contribution < 1.29 is 24.9 Å². The number of methoxy groups -OCH3 is 1. The van der Waals surface area contributed by atoms with Gasteiger partial charge >= 0.3 is 0 Å². The van der Waals surface area contributed by atoms with E-state index in [0.717, 1.165) is 42.4 Å². The van der Waals surface area contributed by atoms with Gasteiger partial charge in [-0.3, -0.25) is 0 Å². The van der Waals surface area contributed by atoms with E-state index in [4.69, 9.17) is 4.74 Å². The van der Waals surface area contributed by atoms with Crippen LogP contribution in [0.15, 0.2) is 36.9 Å². The molecule has 0 amide bonds. The molecule has 0 saturated heterocycles. The maximum absolute atomic E-state index is 10.9. The second-order valence-electron chi connectivity index (χ2n) is 8.69. The Balaban J connectivity index is 2.18. The first-order valence-electron chi connectivity index (χ1n) is 10.7. The predicted octanol–water partition coefficient (Wildman–Crippen LogP) is 6.24. The third-order valence-electron chi connectivity index (χ3n) is 5.73. The Morgan fingerprint density at radius 1 is 1.09 bits per heavy atom. The fraction of sp³-hybridized carbons (Fsp3) is 0.440. The highest BCUT2D eigenvalue weighted by atomic mass is 16.9. The Kier molecular flexibility index (Phi) is 8.52. The number of unbranched alkanes of at least 4 members (excludes halogenated alkanes) is 3. The quantitative estimate of drug-likeness (QED) is 0.229. The third-order valence-corrected chi connectivity index (χ3v) is 5.73. The number of allylic oxidation sites excluding steroid dienone is 1. The van der Waals surface area contributed by atoms with Gasteiger partial charge in [-0.05, 0) is 60.6 Å². The number of ether oxygens (including phenoxy) is 1. The summed E-state index contributed by atoms with van der Waals surface area (Å²) in [4.78, 5) is 14.5. The van der Waals surface area contributed by atoms with Crippen LogP contribution in [0, 0.1) is 10.1 Å². The molecule has 174 valence electrons. The number of benzene rings is 2. The molecule has 7 heteroatoms. The number of phenolic OH excluding ortho intramolecular Hbond substituents is 2. The summed E-state index contributed by atoms with van der Waals surface area (Å²) < 4.78 is 5.33. The van der Waals surface area contributed by atoms with Crippen molar-refractivity contribution in [2.45, 2.75) is 58.3 Å². The summed E-state index contributed by atoms with van der Waals surface area (Å²) >= 11 is 0. The molecule has 0 unspecified atom stereocenters. The molecule has 0 aromatic heterocycles. The van der Waals surface area contributed by atoms with Crippen LogP contribution in [-0.4, -0.2) is 29.0 Å². The molecule has 2 aromatic carbocycles. The second kappa shape index (κ2) is 10.9. The van der Waals surface area contributed by atoms with Crippen LogP contribution >= 0.6 is 0 Å². The van der Waals surface area contributed by atoms with Gasteiger partial charge in [0.05, 0.1) is 19.3 Å². The van der Waals surface area contributed by atoms with Crippen molar-refractivity contribution in [3.63, 3.8) is 0 Å². The average molecular weight is 444 g/mol. The third kappa shape index (κ3) is 6.39. The van der Waals surface area contributed by atoms with E-state index in [9.17, 15) is 20.3 Å². The van der Waals surface area contributed by atoms with Gasteiger partial charge < -0.3 is 19.8 Å². The summed E-state index contributed by atoms with van der Waals surface area (Å²) in [7, 11) is 1.57. The minimum atomic E-state index is -0.767. The van der Waals surface area contributed by atoms with E-state index in [0.29, 0.717) is 23.3 Å². The molecule has 0 spiro atoms. The number of hydrogen-bond donors (Lipinski definition) is 2. The van der Waals surface area contributed by atoms with Crippen LogP contribution in [0.2, 0.25) is 0 Å². The van der Waals surface area contributed by atoms with E-state index in [1.807, 2.05) is 19.1 Å². The fourth-order valence-corrected chi connectivity index (χ4v) is 3.81. The molecule has 0 aliphatic heterocycles. The highest BCUT2D eigenvalue weighted by molar-refractivity contribution is 5.87. The molecule has 2 rings (SSSR count). The maximum atomic E-state index is 10.9. The van der Waals surface area contributed by atoms with Crippen molar-refractivity contribution in [2.75, 3.05) is 13.7 Å². The molecule has 7 nitrogen and oxygen atoms in total. The van der Waals surface area contributed by atoms with E-state index in [2.05, 4.69) is 25.3 Å². The molecule has 0 fully saturated rings. The normalized spacial score (nSPS) is 11.2. The van der Waals surface area contributed by atoms with E-state index in [1.54, 1.807) is 25.3 Å². The summed E-state index contributed by atoms with van der Waals surface area (Å²) in [6.45, 7) is 10.1. The molecule has 32 heavy (non-hydrogen) atoms. The van der Waals surface area contributed by atoms with Crippen LogP contribution in [-0.2, 0) is 10.3 Å². The van der Waals surface area contributed by atoms with Crippen molar-refractivity contribution in [2.24, 2.45) is 0 Å². The lowest BCUT2D eigenvalue weighted by Gasteiger charge is -2.27. The molecule has 2 aromatic rings. The zero-order valence-corrected chi connectivity index (χ0v) is 19.3. The van der Waals surface area contributed by atoms with Crippen LogP contribution in [0.25, 0.3) is 16.7 Å². The lowest BCUT2D eigenvalue weighted by atomic mass is 9.79. The maximum Gasteiger partial charge on any atom is 0.294 e. The molecular weight excluding hydrogens is 410 g/mol. The van der Waals surface area contributed by atoms with Crippen molar-refractivity contribution in [3.8, 4) is 28.4 Å². The topological polar surface area (TPSA) is 102 Å². The van der Waals surface area contributed by atoms with Gasteiger partial charge in [0.25, 0.3) is 5.09 Å². The van der Waals surface area contributed by atoms with E-state index < -0.39 is 5.09 Å². The number of aromatic hydroxyl groups is 2. The first-order chi connectivity index (χ1) is 15.1. The van der Waals surface area contributed by atoms with Crippen molar-refractivity contribution in [3.05, 3.63) is 58.2 Å². The zero-order chi connectivity index (χ0) is 23.9. The van der Waals surface area contributed by atoms with Gasteiger partial charge in [-0.1, -0.05) is 51.3 Å². The number of rotatable bonds is 12. The van der Waals surface area contributed by atoms with Crippen LogP contribution in [0.4, 0.5) is 0 Å². The van der Waals surface area contributed by atoms with Crippen molar-refractivity contribution in [1.29, 1.82) is 0 Å². The van der Waals surface area contributed by atoms with Gasteiger partial charge in [0.2, 0.25) is 0 Å². The molecule has 0 radical (unpaired) electrons. The van der Waals surface area contributed by atoms with Crippen molar-refractivity contribution in [1.82, 2.24) is 0 Å². The highest BCUT2D eigenvalue weighted by Crippen LogP contribution is 2.45. The molecule has 0 bridgehead atoms. The van der Waals surface area contributed by atoms with E-state index in [1.165, 1.54) is 0 Å².